The molecule has 0 spiro atoms. The van der Waals surface area contributed by atoms with E-state index in [1.165, 1.54) is 19.4 Å². The fourth-order valence-electron chi connectivity index (χ4n) is 1.88. The lowest BCUT2D eigenvalue weighted by Crippen LogP contribution is -2.39. The lowest BCUT2D eigenvalue weighted by Gasteiger charge is -2.28. The Bertz CT molecular complexity index is 201. The first-order valence-corrected chi connectivity index (χ1v) is 4.72. The molecule has 1 heteroatoms. The molecule has 0 aromatic heterocycles. The summed E-state index contributed by atoms with van der Waals surface area (Å²) in [5, 5.41) is 3.52. The molecule has 1 saturated heterocycles. The van der Waals surface area contributed by atoms with E-state index in [2.05, 4.69) is 41.8 Å². The summed E-state index contributed by atoms with van der Waals surface area (Å²) in [4.78, 5) is 0. The van der Waals surface area contributed by atoms with Gasteiger partial charge in [0, 0.05) is 6.04 Å². The van der Waals surface area contributed by atoms with Crippen LogP contribution in [-0.2, 0) is 0 Å². The second-order valence-electron chi connectivity index (χ2n) is 3.44. The van der Waals surface area contributed by atoms with E-state index in [4.69, 9.17) is 0 Å². The van der Waals surface area contributed by atoms with Crippen molar-refractivity contribution in [3.05, 3.63) is 36.5 Å². The minimum atomic E-state index is 0.569. The first-order chi connectivity index (χ1) is 5.97. The molecular weight excluding hydrogens is 146 g/mol. The number of piperidine rings is 1. The van der Waals surface area contributed by atoms with Gasteiger partial charge in [0.15, 0.2) is 0 Å². The molecule has 1 N–H and O–H groups in total. The molecular formula is C11H15N. The zero-order valence-electron chi connectivity index (χ0n) is 7.24. The van der Waals surface area contributed by atoms with E-state index >= 15 is 0 Å². The molecule has 2 unspecified atom stereocenters. The van der Waals surface area contributed by atoms with E-state index in [-0.39, 0.29) is 0 Å². The minimum Gasteiger partial charge on any atom is -0.310 e. The Morgan fingerprint density at radius 1 is 1.00 bits per heavy atom. The van der Waals surface area contributed by atoms with Crippen molar-refractivity contribution in [3.63, 3.8) is 0 Å². The first-order valence-electron chi connectivity index (χ1n) is 4.72. The molecule has 1 aliphatic carbocycles. The van der Waals surface area contributed by atoms with Crippen LogP contribution in [0.5, 0.6) is 0 Å². The van der Waals surface area contributed by atoms with Crippen LogP contribution in [0, 0.1) is 5.92 Å². The molecule has 0 aromatic rings. The average Bonchev–Trinajstić information content (AvgIpc) is 2.06. The highest BCUT2D eigenvalue weighted by Crippen LogP contribution is 2.19. The van der Waals surface area contributed by atoms with E-state index in [0.717, 1.165) is 0 Å². The Morgan fingerprint density at radius 2 is 1.83 bits per heavy atom. The normalized spacial score (nSPS) is 42.0. The molecule has 1 heterocycles. The van der Waals surface area contributed by atoms with E-state index < -0.39 is 0 Å². The largest absolute Gasteiger partial charge is 0.310 e. The fourth-order valence-corrected chi connectivity index (χ4v) is 1.88. The van der Waals surface area contributed by atoms with Gasteiger partial charge in [-0.1, -0.05) is 36.5 Å². The first kappa shape index (κ1) is 7.81. The second-order valence-corrected chi connectivity index (χ2v) is 3.44. The van der Waals surface area contributed by atoms with Crippen molar-refractivity contribution >= 4 is 0 Å². The summed E-state index contributed by atoms with van der Waals surface area (Å²) < 4.78 is 0. The Hall–Kier alpha value is -0.820. The van der Waals surface area contributed by atoms with Gasteiger partial charge in [-0.2, -0.15) is 0 Å². The predicted molar refractivity (Wildman–Crippen MR) is 51.9 cm³/mol. The third kappa shape index (κ3) is 1.67. The summed E-state index contributed by atoms with van der Waals surface area (Å²) in [6.45, 7) is 1.17. The summed E-state index contributed by atoms with van der Waals surface area (Å²) in [7, 11) is 0. The third-order valence-electron chi connectivity index (χ3n) is 2.57. The number of nitrogens with one attached hydrogen (secondary N) is 1. The molecule has 1 fully saturated rings. The van der Waals surface area contributed by atoms with Crippen molar-refractivity contribution < 1.29 is 0 Å². The average molecular weight is 161 g/mol. The molecule has 0 radical (unpaired) electrons. The predicted octanol–water partition coefficient (Wildman–Crippen LogP) is 2.04. The molecule has 2 rings (SSSR count). The SMILES string of the molecule is C1=C\C=C/C2NCCCC2\C=C/1. The Labute approximate surface area is 73.9 Å². The molecule has 0 bridgehead atoms. The van der Waals surface area contributed by atoms with Crippen LogP contribution in [0.25, 0.3) is 0 Å². The highest BCUT2D eigenvalue weighted by molar-refractivity contribution is 5.19. The van der Waals surface area contributed by atoms with Gasteiger partial charge in [0.2, 0.25) is 0 Å². The van der Waals surface area contributed by atoms with Crippen molar-refractivity contribution in [2.45, 2.75) is 18.9 Å². The van der Waals surface area contributed by atoms with Gasteiger partial charge in [-0.15, -0.1) is 0 Å². The Morgan fingerprint density at radius 3 is 2.75 bits per heavy atom. The number of hydrogen-bond acceptors (Lipinski definition) is 1. The van der Waals surface area contributed by atoms with Gasteiger partial charge >= 0.3 is 0 Å². The molecule has 0 amide bonds. The van der Waals surface area contributed by atoms with Gasteiger partial charge in [-0.05, 0) is 25.3 Å². The summed E-state index contributed by atoms with van der Waals surface area (Å²) in [5.41, 5.74) is 0. The number of hydrogen-bond donors (Lipinski definition) is 1. The Kier molecular flexibility index (Phi) is 2.42. The van der Waals surface area contributed by atoms with Gasteiger partial charge < -0.3 is 5.32 Å². The van der Waals surface area contributed by atoms with Crippen LogP contribution in [0.4, 0.5) is 0 Å². The molecule has 1 nitrogen and oxygen atoms in total. The zero-order chi connectivity index (χ0) is 8.23. The van der Waals surface area contributed by atoms with Crippen LogP contribution in [0.3, 0.4) is 0 Å². The van der Waals surface area contributed by atoms with E-state index in [0.29, 0.717) is 12.0 Å². The van der Waals surface area contributed by atoms with Crippen LogP contribution in [0.1, 0.15) is 12.8 Å². The molecule has 64 valence electrons. The number of fused-ring (bicyclic) bond motifs is 1. The molecule has 1 aliphatic heterocycles. The maximum Gasteiger partial charge on any atom is 0.0316 e. The summed E-state index contributed by atoms with van der Waals surface area (Å²) in [5.74, 6) is 0.708. The summed E-state index contributed by atoms with van der Waals surface area (Å²) in [6.07, 6.45) is 15.7. The van der Waals surface area contributed by atoms with Crippen molar-refractivity contribution in [2.24, 2.45) is 5.92 Å². The van der Waals surface area contributed by atoms with Gasteiger partial charge in [0.05, 0.1) is 0 Å². The van der Waals surface area contributed by atoms with Crippen LogP contribution < -0.4 is 5.32 Å². The van der Waals surface area contributed by atoms with Gasteiger partial charge in [0.1, 0.15) is 0 Å². The van der Waals surface area contributed by atoms with Crippen LogP contribution in [-0.4, -0.2) is 12.6 Å². The zero-order valence-corrected chi connectivity index (χ0v) is 7.24. The van der Waals surface area contributed by atoms with Crippen molar-refractivity contribution in [1.82, 2.24) is 5.32 Å². The van der Waals surface area contributed by atoms with Crippen molar-refractivity contribution in [3.8, 4) is 0 Å². The standard InChI is InChI=1S/C11H15N/c1-2-4-8-11-10(6-3-1)7-5-9-12-11/h1-4,6,8,10-12H,5,7,9H2/b2-1-,6-3-,8-4-. The lowest BCUT2D eigenvalue weighted by molar-refractivity contribution is 0.375. The molecule has 0 aromatic carbocycles. The fraction of sp³-hybridized carbons (Fsp3) is 0.455. The number of rotatable bonds is 0. The highest BCUT2D eigenvalue weighted by atomic mass is 14.9. The smallest absolute Gasteiger partial charge is 0.0316 e. The summed E-state index contributed by atoms with van der Waals surface area (Å²) in [6, 6.07) is 0.569. The maximum absolute atomic E-state index is 3.52. The van der Waals surface area contributed by atoms with E-state index in [9.17, 15) is 0 Å². The maximum atomic E-state index is 3.52. The van der Waals surface area contributed by atoms with E-state index in [1.807, 2.05) is 0 Å². The van der Waals surface area contributed by atoms with Crippen LogP contribution in [0.15, 0.2) is 36.5 Å². The molecule has 2 aliphatic rings. The van der Waals surface area contributed by atoms with E-state index in [1.54, 1.807) is 0 Å². The number of allylic oxidation sites excluding steroid dienone is 4. The molecule has 12 heavy (non-hydrogen) atoms. The second kappa shape index (κ2) is 3.72. The van der Waals surface area contributed by atoms with Crippen molar-refractivity contribution in [1.29, 1.82) is 0 Å². The van der Waals surface area contributed by atoms with Crippen LogP contribution in [0.2, 0.25) is 0 Å². The molecule has 2 atom stereocenters. The quantitative estimate of drug-likeness (QED) is 0.573. The van der Waals surface area contributed by atoms with Crippen LogP contribution >= 0.6 is 0 Å². The monoisotopic (exact) mass is 161 g/mol. The molecule has 0 saturated carbocycles. The topological polar surface area (TPSA) is 12.0 Å². The van der Waals surface area contributed by atoms with Crippen molar-refractivity contribution in [2.75, 3.05) is 6.54 Å². The Balaban J connectivity index is 2.15. The minimum absolute atomic E-state index is 0.569. The lowest BCUT2D eigenvalue weighted by atomic mass is 9.89. The summed E-state index contributed by atoms with van der Waals surface area (Å²) >= 11 is 0. The van der Waals surface area contributed by atoms with Gasteiger partial charge in [-0.3, -0.25) is 0 Å². The van der Waals surface area contributed by atoms with Gasteiger partial charge in [-0.25, -0.2) is 0 Å². The van der Waals surface area contributed by atoms with Gasteiger partial charge in [0.25, 0.3) is 0 Å². The third-order valence-corrected chi connectivity index (χ3v) is 2.57. The highest BCUT2D eigenvalue weighted by Gasteiger charge is 2.19.